The number of nitrogens with two attached hydrogens (primary N) is 1. The third kappa shape index (κ3) is 5.42. The summed E-state index contributed by atoms with van der Waals surface area (Å²) < 4.78 is 0. The number of aryl methyl sites for hydroxylation is 2. The second kappa shape index (κ2) is 9.17. The van der Waals surface area contributed by atoms with E-state index in [0.29, 0.717) is 18.4 Å². The Morgan fingerprint density at radius 1 is 1.20 bits per heavy atom. The summed E-state index contributed by atoms with van der Waals surface area (Å²) in [6.45, 7) is 4.87. The first-order chi connectivity index (χ1) is 11.6. The number of halogens is 1. The number of fused-ring (bicyclic) bond motifs is 1. The summed E-state index contributed by atoms with van der Waals surface area (Å²) >= 11 is 0. The molecule has 0 bridgehead atoms. The fraction of sp³-hybridized carbons (Fsp3) is 0.400. The summed E-state index contributed by atoms with van der Waals surface area (Å²) in [5.74, 6) is 0.917. The molecule has 3 rings (SSSR count). The summed E-state index contributed by atoms with van der Waals surface area (Å²) in [4.78, 5) is 9.17. The smallest absolute Gasteiger partial charge is 0.193 e. The van der Waals surface area contributed by atoms with E-state index in [4.69, 9.17) is 10.7 Å². The van der Waals surface area contributed by atoms with Gasteiger partial charge < -0.3 is 11.1 Å². The van der Waals surface area contributed by atoms with Gasteiger partial charge in [0.2, 0.25) is 0 Å². The molecule has 0 radical (unpaired) electrons. The van der Waals surface area contributed by atoms with E-state index in [1.54, 1.807) is 0 Å². The quantitative estimate of drug-likeness (QED) is 0.406. The molecule has 0 atom stereocenters. The Hall–Kier alpha value is -1.63. The molecule has 1 aliphatic carbocycles. The Bertz CT molecular complexity index is 740. The zero-order chi connectivity index (χ0) is 16.9. The van der Waals surface area contributed by atoms with Crippen molar-refractivity contribution in [3.63, 3.8) is 0 Å². The number of hydrogen-bond donors (Lipinski definition) is 2. The second-order valence-electron chi connectivity index (χ2n) is 6.72. The predicted octanol–water partition coefficient (Wildman–Crippen LogP) is 4.63. The Morgan fingerprint density at radius 3 is 2.80 bits per heavy atom. The zero-order valence-corrected chi connectivity index (χ0v) is 17.3. The van der Waals surface area contributed by atoms with E-state index in [1.165, 1.54) is 29.7 Å². The molecule has 3 N–H and O–H groups in total. The van der Waals surface area contributed by atoms with E-state index in [1.807, 2.05) is 12.1 Å². The lowest BCUT2D eigenvalue weighted by atomic mass is 9.96. The maximum atomic E-state index is 6.03. The molecule has 0 unspecified atom stereocenters. The SMILES string of the molecule is CC(C)c1cccc(NC(N)=NCc2ccc3c(n2)CCCC3)c1.I. The van der Waals surface area contributed by atoms with Gasteiger partial charge in [-0.2, -0.15) is 0 Å². The van der Waals surface area contributed by atoms with Crippen molar-refractivity contribution in [2.45, 2.75) is 52.0 Å². The Labute approximate surface area is 167 Å². The van der Waals surface area contributed by atoms with Crippen LogP contribution >= 0.6 is 24.0 Å². The van der Waals surface area contributed by atoms with Gasteiger partial charge in [0.1, 0.15) is 0 Å². The summed E-state index contributed by atoms with van der Waals surface area (Å²) in [5, 5.41) is 3.17. The largest absolute Gasteiger partial charge is 0.370 e. The zero-order valence-electron chi connectivity index (χ0n) is 15.0. The molecule has 1 aromatic heterocycles. The third-order valence-electron chi connectivity index (χ3n) is 4.47. The number of anilines is 1. The number of benzene rings is 1. The van der Waals surface area contributed by atoms with E-state index in [-0.39, 0.29) is 24.0 Å². The summed E-state index contributed by atoms with van der Waals surface area (Å²) in [7, 11) is 0. The molecule has 0 amide bonds. The van der Waals surface area contributed by atoms with Crippen LogP contribution in [-0.2, 0) is 19.4 Å². The van der Waals surface area contributed by atoms with Crippen molar-refractivity contribution in [1.82, 2.24) is 4.98 Å². The van der Waals surface area contributed by atoms with Crippen LogP contribution in [0.5, 0.6) is 0 Å². The standard InChI is InChI=1S/C20H26N4.HI/c1-14(2)16-7-5-8-17(12-16)24-20(21)22-13-18-11-10-15-6-3-4-9-19(15)23-18;/h5,7-8,10-12,14H,3-4,6,9,13H2,1-2H3,(H3,21,22,24);1H. The predicted molar refractivity (Wildman–Crippen MR) is 116 cm³/mol. The Balaban J connectivity index is 0.00000225. The third-order valence-corrected chi connectivity index (χ3v) is 4.47. The fourth-order valence-electron chi connectivity index (χ4n) is 3.04. The van der Waals surface area contributed by atoms with E-state index >= 15 is 0 Å². The van der Waals surface area contributed by atoms with Crippen molar-refractivity contribution < 1.29 is 0 Å². The van der Waals surface area contributed by atoms with Gasteiger partial charge in [-0.1, -0.05) is 32.0 Å². The van der Waals surface area contributed by atoms with Crippen LogP contribution in [0.3, 0.4) is 0 Å². The molecule has 4 nitrogen and oxygen atoms in total. The monoisotopic (exact) mass is 450 g/mol. The van der Waals surface area contributed by atoms with Crippen molar-refractivity contribution in [2.24, 2.45) is 10.7 Å². The molecule has 5 heteroatoms. The van der Waals surface area contributed by atoms with Crippen molar-refractivity contribution >= 4 is 35.6 Å². The highest BCUT2D eigenvalue weighted by Gasteiger charge is 2.10. The molecular weight excluding hydrogens is 423 g/mol. The van der Waals surface area contributed by atoms with Crippen LogP contribution in [0.15, 0.2) is 41.4 Å². The summed E-state index contributed by atoms with van der Waals surface area (Å²) in [6.07, 6.45) is 4.76. The molecule has 1 aliphatic rings. The number of aliphatic imine (C=N–C) groups is 1. The lowest BCUT2D eigenvalue weighted by Gasteiger charge is -2.15. The van der Waals surface area contributed by atoms with E-state index in [9.17, 15) is 0 Å². The van der Waals surface area contributed by atoms with Crippen LogP contribution in [0, 0.1) is 0 Å². The van der Waals surface area contributed by atoms with Gasteiger partial charge in [-0.15, -0.1) is 24.0 Å². The van der Waals surface area contributed by atoms with Crippen molar-refractivity contribution in [1.29, 1.82) is 0 Å². The topological polar surface area (TPSA) is 63.3 Å². The molecule has 0 saturated carbocycles. The number of guanidine groups is 1. The van der Waals surface area contributed by atoms with Crippen LogP contribution in [0.4, 0.5) is 5.69 Å². The van der Waals surface area contributed by atoms with Crippen molar-refractivity contribution in [2.75, 3.05) is 5.32 Å². The highest BCUT2D eigenvalue weighted by molar-refractivity contribution is 14.0. The summed E-state index contributed by atoms with van der Waals surface area (Å²) in [6, 6.07) is 12.5. The lowest BCUT2D eigenvalue weighted by molar-refractivity contribution is 0.663. The number of rotatable bonds is 4. The van der Waals surface area contributed by atoms with Crippen LogP contribution in [0.2, 0.25) is 0 Å². The van der Waals surface area contributed by atoms with Crippen LogP contribution < -0.4 is 11.1 Å². The van der Waals surface area contributed by atoms with Gasteiger partial charge in [0.15, 0.2) is 5.96 Å². The first-order valence-electron chi connectivity index (χ1n) is 8.76. The number of nitrogens with zero attached hydrogens (tertiary/aromatic N) is 2. The van der Waals surface area contributed by atoms with Crippen molar-refractivity contribution in [3.05, 3.63) is 58.9 Å². The van der Waals surface area contributed by atoms with Gasteiger partial charge in [-0.05, 0) is 60.9 Å². The number of nitrogens with one attached hydrogen (secondary N) is 1. The van der Waals surface area contributed by atoms with Gasteiger partial charge in [0, 0.05) is 11.4 Å². The molecule has 134 valence electrons. The number of aromatic nitrogens is 1. The molecule has 2 aromatic rings. The van der Waals surface area contributed by atoms with Crippen molar-refractivity contribution in [3.8, 4) is 0 Å². The molecule has 0 saturated heterocycles. The molecule has 0 aliphatic heterocycles. The first-order valence-corrected chi connectivity index (χ1v) is 8.76. The van der Waals surface area contributed by atoms with Gasteiger partial charge in [-0.25, -0.2) is 4.99 Å². The normalized spacial score (nSPS) is 14.0. The molecule has 1 aromatic carbocycles. The highest BCUT2D eigenvalue weighted by Crippen LogP contribution is 2.20. The molecule has 25 heavy (non-hydrogen) atoms. The minimum atomic E-state index is 0. The van der Waals surface area contributed by atoms with Gasteiger partial charge in [-0.3, -0.25) is 4.98 Å². The van der Waals surface area contributed by atoms with Crippen LogP contribution in [-0.4, -0.2) is 10.9 Å². The molecule has 0 fully saturated rings. The van der Waals surface area contributed by atoms with E-state index < -0.39 is 0 Å². The highest BCUT2D eigenvalue weighted by atomic mass is 127. The maximum absolute atomic E-state index is 6.03. The molecular formula is C20H27IN4. The fourth-order valence-corrected chi connectivity index (χ4v) is 3.04. The van der Waals surface area contributed by atoms with E-state index in [2.05, 4.69) is 48.4 Å². The van der Waals surface area contributed by atoms with Crippen LogP contribution in [0.1, 0.15) is 55.1 Å². The average Bonchev–Trinajstić information content (AvgIpc) is 2.60. The van der Waals surface area contributed by atoms with Crippen LogP contribution in [0.25, 0.3) is 0 Å². The van der Waals surface area contributed by atoms with Gasteiger partial charge in [0.25, 0.3) is 0 Å². The minimum Gasteiger partial charge on any atom is -0.370 e. The summed E-state index contributed by atoms with van der Waals surface area (Å²) in [5.41, 5.74) is 11.9. The van der Waals surface area contributed by atoms with Gasteiger partial charge in [0.05, 0.1) is 12.2 Å². The Morgan fingerprint density at radius 2 is 2.00 bits per heavy atom. The average molecular weight is 450 g/mol. The minimum absolute atomic E-state index is 0. The lowest BCUT2D eigenvalue weighted by Crippen LogP contribution is -2.22. The second-order valence-corrected chi connectivity index (χ2v) is 6.72. The number of pyridine rings is 1. The maximum Gasteiger partial charge on any atom is 0.193 e. The molecule has 1 heterocycles. The Kier molecular flexibility index (Phi) is 7.23. The van der Waals surface area contributed by atoms with E-state index in [0.717, 1.165) is 24.2 Å². The molecule has 0 spiro atoms. The number of hydrogen-bond acceptors (Lipinski definition) is 2. The first kappa shape index (κ1) is 19.7. The van der Waals surface area contributed by atoms with Gasteiger partial charge >= 0.3 is 0 Å².